The number of H-pyrrole nitrogens is 1. The third-order valence-electron chi connectivity index (χ3n) is 6.79. The Morgan fingerprint density at radius 2 is 1.44 bits per heavy atom. The standard InChI is InChI=1S/C30H34N2/c1-3-4-8-21-28(29-31-22-23-32(29)27-19-13-7-14-20-27)30(2,26-17-11-6-12-18-26)24-25-15-9-5-10-16-25/h5-7,9-20,22-23,28H,3-4,8,21,24H2,1-2H3/p+1. The Labute approximate surface area is 193 Å². The molecule has 4 rings (SSSR count). The predicted octanol–water partition coefficient (Wildman–Crippen LogP) is 7.16. The minimum absolute atomic E-state index is 0.0439. The number of rotatable bonds is 10. The molecule has 0 fully saturated rings. The zero-order valence-corrected chi connectivity index (χ0v) is 19.4. The maximum Gasteiger partial charge on any atom is 0.263 e. The van der Waals surface area contributed by atoms with Crippen LogP contribution in [-0.2, 0) is 11.8 Å². The van der Waals surface area contributed by atoms with Crippen molar-refractivity contribution >= 4 is 0 Å². The van der Waals surface area contributed by atoms with Gasteiger partial charge in [0.05, 0.1) is 5.92 Å². The first-order valence-corrected chi connectivity index (χ1v) is 12.0. The maximum atomic E-state index is 3.66. The lowest BCUT2D eigenvalue weighted by atomic mass is 9.66. The van der Waals surface area contributed by atoms with Gasteiger partial charge in [-0.3, -0.25) is 0 Å². The summed E-state index contributed by atoms with van der Waals surface area (Å²) >= 11 is 0. The van der Waals surface area contributed by atoms with Crippen LogP contribution in [0, 0.1) is 0 Å². The summed E-state index contributed by atoms with van der Waals surface area (Å²) in [6, 6.07) is 32.8. The summed E-state index contributed by atoms with van der Waals surface area (Å²) in [5, 5.41) is 0. The van der Waals surface area contributed by atoms with Crippen LogP contribution in [0.4, 0.5) is 0 Å². The molecule has 0 aliphatic heterocycles. The molecule has 2 heteroatoms. The minimum atomic E-state index is -0.0439. The van der Waals surface area contributed by atoms with Crippen molar-refractivity contribution < 1.29 is 4.57 Å². The number of hydrogen-bond acceptors (Lipinski definition) is 0. The molecule has 32 heavy (non-hydrogen) atoms. The second-order valence-corrected chi connectivity index (χ2v) is 9.05. The molecule has 1 aromatic heterocycles. The van der Waals surface area contributed by atoms with E-state index in [1.807, 2.05) is 0 Å². The molecule has 164 valence electrons. The van der Waals surface area contributed by atoms with Crippen LogP contribution in [-0.4, -0.2) is 4.98 Å². The number of hydrogen-bond donors (Lipinski definition) is 1. The summed E-state index contributed by atoms with van der Waals surface area (Å²) in [6.07, 6.45) is 10.1. The Bertz CT molecular complexity index is 1070. The third-order valence-corrected chi connectivity index (χ3v) is 6.79. The number of para-hydroxylation sites is 1. The van der Waals surface area contributed by atoms with Crippen molar-refractivity contribution in [1.29, 1.82) is 0 Å². The molecular formula is C30H35N2+. The van der Waals surface area contributed by atoms with Gasteiger partial charge >= 0.3 is 0 Å². The molecule has 0 aliphatic carbocycles. The topological polar surface area (TPSA) is 19.7 Å². The van der Waals surface area contributed by atoms with E-state index in [9.17, 15) is 0 Å². The molecule has 0 saturated heterocycles. The van der Waals surface area contributed by atoms with Crippen molar-refractivity contribution in [2.24, 2.45) is 0 Å². The highest BCUT2D eigenvalue weighted by molar-refractivity contribution is 5.33. The van der Waals surface area contributed by atoms with E-state index in [1.165, 1.54) is 41.9 Å². The first-order valence-electron chi connectivity index (χ1n) is 12.0. The van der Waals surface area contributed by atoms with Crippen LogP contribution in [0.1, 0.15) is 62.4 Å². The van der Waals surface area contributed by atoms with E-state index in [2.05, 4.69) is 127 Å². The van der Waals surface area contributed by atoms with E-state index in [4.69, 9.17) is 0 Å². The fourth-order valence-corrected chi connectivity index (χ4v) is 5.05. The molecule has 3 aromatic carbocycles. The first kappa shape index (κ1) is 22.1. The van der Waals surface area contributed by atoms with Gasteiger partial charge in [0.2, 0.25) is 0 Å². The Hall–Kier alpha value is -3.13. The SMILES string of the molecule is CCCCCC(c1[nH]cc[n+]1-c1ccccc1)C(C)(Cc1ccccc1)c1ccccc1. The molecule has 0 saturated carbocycles. The van der Waals surface area contributed by atoms with E-state index in [1.54, 1.807) is 0 Å². The second-order valence-electron chi connectivity index (χ2n) is 9.05. The highest BCUT2D eigenvalue weighted by atomic mass is 15.1. The number of aromatic nitrogens is 2. The highest BCUT2D eigenvalue weighted by Gasteiger charge is 2.42. The quantitative estimate of drug-likeness (QED) is 0.206. The van der Waals surface area contributed by atoms with Crippen molar-refractivity contribution in [3.63, 3.8) is 0 Å². The smallest absolute Gasteiger partial charge is 0.247 e. The largest absolute Gasteiger partial charge is 0.263 e. The third kappa shape index (κ3) is 4.85. The second kappa shape index (κ2) is 10.5. The number of unbranched alkanes of at least 4 members (excludes halogenated alkanes) is 2. The number of nitrogens with zero attached hydrogens (tertiary/aromatic N) is 1. The van der Waals surface area contributed by atoms with Crippen molar-refractivity contribution in [3.8, 4) is 5.69 Å². The zero-order valence-electron chi connectivity index (χ0n) is 19.4. The fourth-order valence-electron chi connectivity index (χ4n) is 5.05. The monoisotopic (exact) mass is 423 g/mol. The summed E-state index contributed by atoms with van der Waals surface area (Å²) in [5.74, 6) is 1.64. The zero-order chi connectivity index (χ0) is 22.2. The molecule has 2 unspecified atom stereocenters. The summed E-state index contributed by atoms with van der Waals surface area (Å²) < 4.78 is 2.35. The molecule has 4 aromatic rings. The van der Waals surface area contributed by atoms with Crippen LogP contribution < -0.4 is 4.57 Å². The van der Waals surface area contributed by atoms with Gasteiger partial charge in [-0.25, -0.2) is 4.98 Å². The average molecular weight is 424 g/mol. The van der Waals surface area contributed by atoms with E-state index in [-0.39, 0.29) is 5.41 Å². The molecule has 0 aliphatic rings. The molecule has 0 radical (unpaired) electrons. The van der Waals surface area contributed by atoms with Crippen molar-refractivity contribution in [2.75, 3.05) is 0 Å². The molecule has 0 amide bonds. The highest BCUT2D eigenvalue weighted by Crippen LogP contribution is 2.43. The van der Waals surface area contributed by atoms with Gasteiger partial charge in [0.15, 0.2) is 0 Å². The lowest BCUT2D eigenvalue weighted by Crippen LogP contribution is -2.42. The van der Waals surface area contributed by atoms with Gasteiger partial charge in [-0.1, -0.05) is 112 Å². The van der Waals surface area contributed by atoms with E-state index in [0.29, 0.717) is 5.92 Å². The van der Waals surface area contributed by atoms with Gasteiger partial charge in [-0.15, -0.1) is 0 Å². The summed E-state index contributed by atoms with van der Waals surface area (Å²) in [7, 11) is 0. The molecule has 0 bridgehead atoms. The van der Waals surface area contributed by atoms with Gasteiger partial charge in [0.25, 0.3) is 5.82 Å². The van der Waals surface area contributed by atoms with Crippen LogP contribution in [0.5, 0.6) is 0 Å². The number of aromatic amines is 1. The number of nitrogens with one attached hydrogen (secondary N) is 1. The molecule has 2 atom stereocenters. The van der Waals surface area contributed by atoms with E-state index >= 15 is 0 Å². The van der Waals surface area contributed by atoms with E-state index < -0.39 is 0 Å². The minimum Gasteiger partial charge on any atom is -0.247 e. The van der Waals surface area contributed by atoms with Gasteiger partial charge in [0.1, 0.15) is 18.1 Å². The molecule has 2 nitrogen and oxygen atoms in total. The van der Waals surface area contributed by atoms with Crippen LogP contribution in [0.2, 0.25) is 0 Å². The summed E-state index contributed by atoms with van der Waals surface area (Å²) in [4.78, 5) is 3.66. The Balaban J connectivity index is 1.83. The van der Waals surface area contributed by atoms with E-state index in [0.717, 1.165) is 12.8 Å². The predicted molar refractivity (Wildman–Crippen MR) is 133 cm³/mol. The van der Waals surface area contributed by atoms with Crippen molar-refractivity contribution in [1.82, 2.24) is 4.98 Å². The lowest BCUT2D eigenvalue weighted by Gasteiger charge is -2.37. The van der Waals surface area contributed by atoms with Crippen LogP contribution >= 0.6 is 0 Å². The Morgan fingerprint density at radius 3 is 2.09 bits per heavy atom. The fraction of sp³-hybridized carbons (Fsp3) is 0.300. The van der Waals surface area contributed by atoms with Crippen molar-refractivity contribution in [2.45, 2.75) is 57.3 Å². The number of benzene rings is 3. The molecule has 1 heterocycles. The number of imidazole rings is 1. The summed E-state index contributed by atoms with van der Waals surface area (Å²) in [6.45, 7) is 4.75. The normalized spacial score (nSPS) is 14.1. The van der Waals surface area contributed by atoms with Crippen LogP contribution in [0.25, 0.3) is 5.69 Å². The van der Waals surface area contributed by atoms with Crippen LogP contribution in [0.15, 0.2) is 103 Å². The molecule has 0 spiro atoms. The molecular weight excluding hydrogens is 388 g/mol. The summed E-state index contributed by atoms with van der Waals surface area (Å²) in [5.41, 5.74) is 3.95. The van der Waals surface area contributed by atoms with Gasteiger partial charge in [0, 0.05) is 5.41 Å². The first-order chi connectivity index (χ1) is 15.7. The Morgan fingerprint density at radius 1 is 0.812 bits per heavy atom. The Kier molecular flexibility index (Phi) is 7.21. The van der Waals surface area contributed by atoms with Gasteiger partial charge < -0.3 is 0 Å². The maximum absolute atomic E-state index is 3.66. The average Bonchev–Trinajstić information content (AvgIpc) is 3.33. The van der Waals surface area contributed by atoms with Crippen LogP contribution in [0.3, 0.4) is 0 Å². The lowest BCUT2D eigenvalue weighted by molar-refractivity contribution is -0.605. The van der Waals surface area contributed by atoms with Crippen molar-refractivity contribution in [3.05, 3.63) is 120 Å². The molecule has 1 N–H and O–H groups in total. The van der Waals surface area contributed by atoms with Gasteiger partial charge in [-0.05, 0) is 36.1 Å². The van der Waals surface area contributed by atoms with Gasteiger partial charge in [-0.2, -0.15) is 4.57 Å².